The van der Waals surface area contributed by atoms with Gasteiger partial charge in [0.05, 0.1) is 19.8 Å². The van der Waals surface area contributed by atoms with Crippen molar-refractivity contribution in [1.82, 2.24) is 5.32 Å². The van der Waals surface area contributed by atoms with Crippen molar-refractivity contribution in [3.63, 3.8) is 0 Å². The molecule has 0 saturated heterocycles. The molecule has 1 rings (SSSR count). The van der Waals surface area contributed by atoms with E-state index in [1.54, 1.807) is 7.11 Å². The SMILES string of the molecule is CNCC(OCc1ccc(OC)cc1)C(C)C. The highest BCUT2D eigenvalue weighted by molar-refractivity contribution is 5.26. The molecule has 1 N–H and O–H groups in total. The molecular formula is C14H23NO2. The molecule has 0 fully saturated rings. The molecular weight excluding hydrogens is 214 g/mol. The molecule has 1 atom stereocenters. The van der Waals surface area contributed by atoms with Crippen LogP contribution in [0.1, 0.15) is 19.4 Å². The Hall–Kier alpha value is -1.06. The first-order chi connectivity index (χ1) is 8.17. The van der Waals surface area contributed by atoms with Gasteiger partial charge in [0, 0.05) is 6.54 Å². The zero-order chi connectivity index (χ0) is 12.7. The number of benzene rings is 1. The quantitative estimate of drug-likeness (QED) is 0.790. The summed E-state index contributed by atoms with van der Waals surface area (Å²) in [6.07, 6.45) is 0.252. The van der Waals surface area contributed by atoms with Gasteiger partial charge in [-0.15, -0.1) is 0 Å². The monoisotopic (exact) mass is 237 g/mol. The van der Waals surface area contributed by atoms with Crippen molar-refractivity contribution in [2.45, 2.75) is 26.6 Å². The van der Waals surface area contributed by atoms with Crippen molar-refractivity contribution in [1.29, 1.82) is 0 Å². The Balaban J connectivity index is 2.47. The highest BCUT2D eigenvalue weighted by atomic mass is 16.5. The summed E-state index contributed by atoms with van der Waals surface area (Å²) < 4.78 is 11.0. The van der Waals surface area contributed by atoms with Crippen molar-refractivity contribution < 1.29 is 9.47 Å². The van der Waals surface area contributed by atoms with Crippen LogP contribution >= 0.6 is 0 Å². The van der Waals surface area contributed by atoms with E-state index in [0.29, 0.717) is 12.5 Å². The van der Waals surface area contributed by atoms with Gasteiger partial charge in [-0.25, -0.2) is 0 Å². The van der Waals surface area contributed by atoms with E-state index in [1.807, 2.05) is 31.3 Å². The van der Waals surface area contributed by atoms with Crippen LogP contribution in [0, 0.1) is 5.92 Å². The first-order valence-electron chi connectivity index (χ1n) is 6.06. The van der Waals surface area contributed by atoms with Crippen molar-refractivity contribution >= 4 is 0 Å². The van der Waals surface area contributed by atoms with Crippen molar-refractivity contribution in [2.24, 2.45) is 5.92 Å². The van der Waals surface area contributed by atoms with Crippen LogP contribution in [0.5, 0.6) is 5.75 Å². The van der Waals surface area contributed by atoms with Crippen LogP contribution in [0.15, 0.2) is 24.3 Å². The maximum absolute atomic E-state index is 5.90. The van der Waals surface area contributed by atoms with Gasteiger partial charge in [-0.05, 0) is 30.7 Å². The summed E-state index contributed by atoms with van der Waals surface area (Å²) >= 11 is 0. The Labute approximate surface area is 104 Å². The molecule has 0 radical (unpaired) electrons. The third-order valence-corrected chi connectivity index (χ3v) is 2.77. The number of rotatable bonds is 7. The minimum atomic E-state index is 0.252. The zero-order valence-corrected chi connectivity index (χ0v) is 11.2. The highest BCUT2D eigenvalue weighted by Crippen LogP contribution is 2.14. The molecule has 3 nitrogen and oxygen atoms in total. The van der Waals surface area contributed by atoms with Crippen LogP contribution < -0.4 is 10.1 Å². The second-order valence-corrected chi connectivity index (χ2v) is 4.50. The lowest BCUT2D eigenvalue weighted by atomic mass is 10.1. The summed E-state index contributed by atoms with van der Waals surface area (Å²) in [5.41, 5.74) is 1.17. The van der Waals surface area contributed by atoms with E-state index in [1.165, 1.54) is 5.56 Å². The Bertz CT molecular complexity index is 309. The molecule has 0 amide bonds. The van der Waals surface area contributed by atoms with Gasteiger partial charge in [0.25, 0.3) is 0 Å². The molecule has 1 unspecified atom stereocenters. The Morgan fingerprint density at radius 1 is 1.18 bits per heavy atom. The van der Waals surface area contributed by atoms with E-state index < -0.39 is 0 Å². The van der Waals surface area contributed by atoms with Crippen LogP contribution in [0.25, 0.3) is 0 Å². The third kappa shape index (κ3) is 4.75. The maximum Gasteiger partial charge on any atom is 0.118 e. The topological polar surface area (TPSA) is 30.5 Å². The normalized spacial score (nSPS) is 12.8. The lowest BCUT2D eigenvalue weighted by molar-refractivity contribution is 0.0125. The molecule has 0 saturated carbocycles. The number of ether oxygens (including phenoxy) is 2. The second-order valence-electron chi connectivity index (χ2n) is 4.50. The summed E-state index contributed by atoms with van der Waals surface area (Å²) in [6.45, 7) is 5.88. The third-order valence-electron chi connectivity index (χ3n) is 2.77. The van der Waals surface area contributed by atoms with E-state index in [4.69, 9.17) is 9.47 Å². The minimum Gasteiger partial charge on any atom is -0.497 e. The fraction of sp³-hybridized carbons (Fsp3) is 0.571. The fourth-order valence-electron chi connectivity index (χ4n) is 1.61. The lowest BCUT2D eigenvalue weighted by Gasteiger charge is -2.21. The first kappa shape index (κ1) is 14.0. The van der Waals surface area contributed by atoms with E-state index in [0.717, 1.165) is 12.3 Å². The Kier molecular flexibility index (Phi) is 6.01. The molecule has 96 valence electrons. The van der Waals surface area contributed by atoms with E-state index in [-0.39, 0.29) is 6.10 Å². The average Bonchev–Trinajstić information content (AvgIpc) is 2.34. The van der Waals surface area contributed by atoms with Gasteiger partial charge in [-0.1, -0.05) is 26.0 Å². The summed E-state index contributed by atoms with van der Waals surface area (Å²) in [7, 11) is 3.62. The summed E-state index contributed by atoms with van der Waals surface area (Å²) in [5.74, 6) is 1.39. The largest absolute Gasteiger partial charge is 0.497 e. The molecule has 1 aromatic rings. The van der Waals surface area contributed by atoms with E-state index >= 15 is 0 Å². The van der Waals surface area contributed by atoms with Crippen LogP contribution in [0.2, 0.25) is 0 Å². The molecule has 0 spiro atoms. The van der Waals surface area contributed by atoms with Gasteiger partial charge in [0.2, 0.25) is 0 Å². The maximum atomic E-state index is 5.90. The molecule has 3 heteroatoms. The molecule has 0 aliphatic rings. The van der Waals surface area contributed by atoms with E-state index in [2.05, 4.69) is 19.2 Å². The highest BCUT2D eigenvalue weighted by Gasteiger charge is 2.12. The van der Waals surface area contributed by atoms with Crippen LogP contribution in [0.3, 0.4) is 0 Å². The smallest absolute Gasteiger partial charge is 0.118 e. The summed E-state index contributed by atoms with van der Waals surface area (Å²) in [6, 6.07) is 7.99. The zero-order valence-electron chi connectivity index (χ0n) is 11.2. The van der Waals surface area contributed by atoms with Crippen LogP contribution in [-0.2, 0) is 11.3 Å². The number of hydrogen-bond acceptors (Lipinski definition) is 3. The lowest BCUT2D eigenvalue weighted by Crippen LogP contribution is -2.31. The van der Waals surface area contributed by atoms with Gasteiger partial charge in [-0.3, -0.25) is 0 Å². The predicted octanol–water partition coefficient (Wildman–Crippen LogP) is 2.46. The molecule has 0 aromatic heterocycles. The van der Waals surface area contributed by atoms with Crippen LogP contribution in [0.4, 0.5) is 0 Å². The molecule has 0 heterocycles. The summed E-state index contributed by atoms with van der Waals surface area (Å²) in [4.78, 5) is 0. The molecule has 1 aromatic carbocycles. The first-order valence-corrected chi connectivity index (χ1v) is 6.06. The van der Waals surface area contributed by atoms with Gasteiger partial charge in [0.15, 0.2) is 0 Å². The molecule has 0 aliphatic carbocycles. The molecule has 0 bridgehead atoms. The Morgan fingerprint density at radius 2 is 1.82 bits per heavy atom. The van der Waals surface area contributed by atoms with Gasteiger partial charge < -0.3 is 14.8 Å². The fourth-order valence-corrected chi connectivity index (χ4v) is 1.61. The Morgan fingerprint density at radius 3 is 2.29 bits per heavy atom. The van der Waals surface area contributed by atoms with Gasteiger partial charge >= 0.3 is 0 Å². The number of methoxy groups -OCH3 is 1. The molecule has 17 heavy (non-hydrogen) atoms. The number of nitrogens with one attached hydrogen (secondary N) is 1. The predicted molar refractivity (Wildman–Crippen MR) is 70.3 cm³/mol. The number of likely N-dealkylation sites (N-methyl/N-ethyl adjacent to an activating group) is 1. The van der Waals surface area contributed by atoms with Crippen molar-refractivity contribution in [3.05, 3.63) is 29.8 Å². The standard InChI is InChI=1S/C14H23NO2/c1-11(2)14(9-15-3)17-10-12-5-7-13(16-4)8-6-12/h5-8,11,14-15H,9-10H2,1-4H3. The van der Waals surface area contributed by atoms with Gasteiger partial charge in [0.1, 0.15) is 5.75 Å². The average molecular weight is 237 g/mol. The van der Waals surface area contributed by atoms with Crippen molar-refractivity contribution in [2.75, 3.05) is 20.7 Å². The minimum absolute atomic E-state index is 0.252. The number of hydrogen-bond donors (Lipinski definition) is 1. The molecule has 0 aliphatic heterocycles. The second kappa shape index (κ2) is 7.30. The van der Waals surface area contributed by atoms with E-state index in [9.17, 15) is 0 Å². The van der Waals surface area contributed by atoms with Gasteiger partial charge in [-0.2, -0.15) is 0 Å². The van der Waals surface area contributed by atoms with Crippen molar-refractivity contribution in [3.8, 4) is 5.75 Å². The van der Waals surface area contributed by atoms with Crippen LogP contribution in [-0.4, -0.2) is 26.8 Å². The summed E-state index contributed by atoms with van der Waals surface area (Å²) in [5, 5.41) is 3.16.